The normalized spacial score (nSPS) is 23.0. The molecule has 0 saturated heterocycles. The Morgan fingerprint density at radius 2 is 1.74 bits per heavy atom. The lowest BCUT2D eigenvalue weighted by molar-refractivity contribution is 0.0942. The van der Waals surface area contributed by atoms with Crippen molar-refractivity contribution in [1.82, 2.24) is 5.32 Å². The molecule has 19 heavy (non-hydrogen) atoms. The first kappa shape index (κ1) is 13.7. The highest BCUT2D eigenvalue weighted by Crippen LogP contribution is 2.23. The Bertz CT molecular complexity index is 434. The van der Waals surface area contributed by atoms with Gasteiger partial charge in [-0.05, 0) is 43.7 Å². The minimum absolute atomic E-state index is 0.117. The first-order chi connectivity index (χ1) is 9.04. The minimum atomic E-state index is -0.277. The lowest BCUT2D eigenvalue weighted by atomic mass is 9.86. The van der Waals surface area contributed by atoms with E-state index in [0.29, 0.717) is 18.5 Å². The largest absolute Gasteiger partial charge is 0.508 e. The molecule has 5 N–H and O–H groups in total. The summed E-state index contributed by atoms with van der Waals surface area (Å²) < 4.78 is 0. The summed E-state index contributed by atoms with van der Waals surface area (Å²) in [5, 5.41) is 21.5. The Hall–Kier alpha value is -1.75. The van der Waals surface area contributed by atoms with Crippen LogP contribution in [0, 0.1) is 5.92 Å². The van der Waals surface area contributed by atoms with E-state index in [-0.39, 0.29) is 23.0 Å². The maximum atomic E-state index is 11.9. The third-order valence-corrected chi connectivity index (χ3v) is 3.61. The SMILES string of the molecule is NC1CCC(CNC(=O)c2cc(O)cc(O)c2)CC1. The van der Waals surface area contributed by atoms with Crippen molar-refractivity contribution in [2.75, 3.05) is 6.54 Å². The van der Waals surface area contributed by atoms with Crippen LogP contribution >= 0.6 is 0 Å². The van der Waals surface area contributed by atoms with E-state index in [2.05, 4.69) is 5.32 Å². The molecule has 0 radical (unpaired) electrons. The molecule has 0 aliphatic heterocycles. The quantitative estimate of drug-likeness (QED) is 0.662. The summed E-state index contributed by atoms with van der Waals surface area (Å²) in [4.78, 5) is 11.9. The average Bonchev–Trinajstić information content (AvgIpc) is 2.36. The molecule has 104 valence electrons. The molecule has 1 fully saturated rings. The number of carbonyl (C=O) groups excluding carboxylic acids is 1. The zero-order chi connectivity index (χ0) is 13.8. The first-order valence-corrected chi connectivity index (χ1v) is 6.61. The number of hydrogen-bond acceptors (Lipinski definition) is 4. The van der Waals surface area contributed by atoms with Gasteiger partial charge in [0.2, 0.25) is 0 Å². The topological polar surface area (TPSA) is 95.6 Å². The fraction of sp³-hybridized carbons (Fsp3) is 0.500. The molecule has 0 atom stereocenters. The van der Waals surface area contributed by atoms with Gasteiger partial charge in [0.05, 0.1) is 0 Å². The predicted molar refractivity (Wildman–Crippen MR) is 72.0 cm³/mol. The smallest absolute Gasteiger partial charge is 0.251 e. The Morgan fingerprint density at radius 3 is 2.32 bits per heavy atom. The highest BCUT2D eigenvalue weighted by molar-refractivity contribution is 5.95. The monoisotopic (exact) mass is 264 g/mol. The van der Waals surface area contributed by atoms with Crippen molar-refractivity contribution in [2.24, 2.45) is 11.7 Å². The Balaban J connectivity index is 1.87. The van der Waals surface area contributed by atoms with Crippen LogP contribution in [0.5, 0.6) is 11.5 Å². The molecule has 5 heteroatoms. The van der Waals surface area contributed by atoms with Gasteiger partial charge in [0.25, 0.3) is 5.91 Å². The zero-order valence-corrected chi connectivity index (χ0v) is 10.8. The van der Waals surface area contributed by atoms with Gasteiger partial charge in [0, 0.05) is 24.2 Å². The van der Waals surface area contributed by atoms with Gasteiger partial charge in [0.15, 0.2) is 0 Å². The molecule has 2 rings (SSSR count). The van der Waals surface area contributed by atoms with Crippen LogP contribution in [-0.2, 0) is 0 Å². The summed E-state index contributed by atoms with van der Waals surface area (Å²) in [5.41, 5.74) is 6.10. The van der Waals surface area contributed by atoms with Crippen molar-refractivity contribution in [3.63, 3.8) is 0 Å². The maximum Gasteiger partial charge on any atom is 0.251 e. The van der Waals surface area contributed by atoms with Crippen molar-refractivity contribution in [1.29, 1.82) is 0 Å². The van der Waals surface area contributed by atoms with Crippen molar-refractivity contribution < 1.29 is 15.0 Å². The molecule has 0 heterocycles. The third kappa shape index (κ3) is 3.86. The first-order valence-electron chi connectivity index (χ1n) is 6.61. The van der Waals surface area contributed by atoms with Gasteiger partial charge in [-0.15, -0.1) is 0 Å². The lowest BCUT2D eigenvalue weighted by Crippen LogP contribution is -2.34. The van der Waals surface area contributed by atoms with Crippen molar-refractivity contribution in [2.45, 2.75) is 31.7 Å². The highest BCUT2D eigenvalue weighted by atomic mass is 16.3. The van der Waals surface area contributed by atoms with Crippen LogP contribution in [0.15, 0.2) is 18.2 Å². The summed E-state index contributed by atoms with van der Waals surface area (Å²) in [6.07, 6.45) is 4.08. The molecule has 0 unspecified atom stereocenters. The average molecular weight is 264 g/mol. The number of carbonyl (C=O) groups is 1. The molecule has 1 aromatic rings. The number of nitrogens with two attached hydrogens (primary N) is 1. The minimum Gasteiger partial charge on any atom is -0.508 e. The molecule has 1 saturated carbocycles. The highest BCUT2D eigenvalue weighted by Gasteiger charge is 2.19. The number of nitrogens with one attached hydrogen (secondary N) is 1. The van der Waals surface area contributed by atoms with E-state index in [1.807, 2.05) is 0 Å². The second kappa shape index (κ2) is 5.93. The number of amides is 1. The number of phenols is 2. The molecule has 1 amide bonds. The maximum absolute atomic E-state index is 11.9. The Kier molecular flexibility index (Phi) is 4.27. The predicted octanol–water partition coefficient (Wildman–Crippen LogP) is 1.35. The van der Waals surface area contributed by atoms with Gasteiger partial charge >= 0.3 is 0 Å². The molecule has 5 nitrogen and oxygen atoms in total. The van der Waals surface area contributed by atoms with Crippen LogP contribution in [0.25, 0.3) is 0 Å². The lowest BCUT2D eigenvalue weighted by Gasteiger charge is -2.26. The summed E-state index contributed by atoms with van der Waals surface area (Å²) in [5.74, 6) is -0.0432. The molecule has 1 aliphatic rings. The summed E-state index contributed by atoms with van der Waals surface area (Å²) in [7, 11) is 0. The number of benzene rings is 1. The fourth-order valence-electron chi connectivity index (χ4n) is 2.46. The molecule has 1 aromatic carbocycles. The summed E-state index contributed by atoms with van der Waals surface area (Å²) in [6.45, 7) is 0.613. The van der Waals surface area contributed by atoms with Gasteiger partial charge in [-0.2, -0.15) is 0 Å². The van der Waals surface area contributed by atoms with Crippen molar-refractivity contribution in [3.05, 3.63) is 23.8 Å². The molecule has 0 aromatic heterocycles. The summed E-state index contributed by atoms with van der Waals surface area (Å²) >= 11 is 0. The number of hydrogen-bond donors (Lipinski definition) is 4. The van der Waals surface area contributed by atoms with Gasteiger partial charge in [0.1, 0.15) is 11.5 Å². The van der Waals surface area contributed by atoms with Gasteiger partial charge in [-0.3, -0.25) is 4.79 Å². The molecule has 0 spiro atoms. The summed E-state index contributed by atoms with van der Waals surface area (Å²) in [6, 6.07) is 4.17. The van der Waals surface area contributed by atoms with Crippen molar-refractivity contribution >= 4 is 5.91 Å². The van der Waals surface area contributed by atoms with Gasteiger partial charge < -0.3 is 21.3 Å². The van der Waals surface area contributed by atoms with Crippen LogP contribution < -0.4 is 11.1 Å². The van der Waals surface area contributed by atoms with Crippen LogP contribution in [0.4, 0.5) is 0 Å². The van der Waals surface area contributed by atoms with Crippen LogP contribution in [-0.4, -0.2) is 28.7 Å². The second-order valence-electron chi connectivity index (χ2n) is 5.23. The van der Waals surface area contributed by atoms with Crippen LogP contribution in [0.3, 0.4) is 0 Å². The van der Waals surface area contributed by atoms with E-state index in [9.17, 15) is 15.0 Å². The molecule has 0 bridgehead atoms. The Morgan fingerprint density at radius 1 is 1.16 bits per heavy atom. The standard InChI is InChI=1S/C14H20N2O3/c15-11-3-1-9(2-4-11)8-16-14(19)10-5-12(17)7-13(18)6-10/h5-7,9,11,17-18H,1-4,8,15H2,(H,16,19). The molecule has 1 aliphatic carbocycles. The number of aromatic hydroxyl groups is 2. The number of phenolic OH excluding ortho intramolecular Hbond substituents is 2. The zero-order valence-electron chi connectivity index (χ0n) is 10.8. The third-order valence-electron chi connectivity index (χ3n) is 3.61. The van der Waals surface area contributed by atoms with Crippen LogP contribution in [0.2, 0.25) is 0 Å². The van der Waals surface area contributed by atoms with Gasteiger partial charge in [-0.25, -0.2) is 0 Å². The van der Waals surface area contributed by atoms with E-state index in [1.165, 1.54) is 18.2 Å². The molecular weight excluding hydrogens is 244 g/mol. The van der Waals surface area contributed by atoms with Gasteiger partial charge in [-0.1, -0.05) is 0 Å². The Labute approximate surface area is 112 Å². The van der Waals surface area contributed by atoms with Crippen molar-refractivity contribution in [3.8, 4) is 11.5 Å². The molecular formula is C14H20N2O3. The van der Waals surface area contributed by atoms with E-state index in [1.54, 1.807) is 0 Å². The van der Waals surface area contributed by atoms with E-state index in [0.717, 1.165) is 25.7 Å². The van der Waals surface area contributed by atoms with Crippen LogP contribution in [0.1, 0.15) is 36.0 Å². The van der Waals surface area contributed by atoms with E-state index >= 15 is 0 Å². The second-order valence-corrected chi connectivity index (χ2v) is 5.23. The van der Waals surface area contributed by atoms with E-state index < -0.39 is 0 Å². The number of rotatable bonds is 3. The fourth-order valence-corrected chi connectivity index (χ4v) is 2.46. The van der Waals surface area contributed by atoms with E-state index in [4.69, 9.17) is 5.73 Å².